The van der Waals surface area contributed by atoms with Crippen LogP contribution >= 0.6 is 0 Å². The van der Waals surface area contributed by atoms with E-state index in [2.05, 4.69) is 148 Å². The third kappa shape index (κ3) is 22.9. The van der Waals surface area contributed by atoms with Crippen LogP contribution in [0.3, 0.4) is 0 Å². The fourth-order valence-electron chi connectivity index (χ4n) is 23.3. The molecule has 27 nitrogen and oxygen atoms in total. The molecule has 8 saturated heterocycles. The molecule has 0 aromatic carbocycles. The van der Waals surface area contributed by atoms with Gasteiger partial charge in [-0.15, -0.1) is 0 Å². The second kappa shape index (κ2) is 44.4. The predicted octanol–water partition coefficient (Wildman–Crippen LogP) is 15.3. The quantitative estimate of drug-likeness (QED) is 0.0221. The third-order valence-electron chi connectivity index (χ3n) is 31.4. The fraction of sp³-hybridized carbons (Fsp3) is 0.777. The van der Waals surface area contributed by atoms with Crippen LogP contribution in [-0.2, 0) is 94.8 Å². The lowest BCUT2D eigenvalue weighted by Crippen LogP contribution is -2.61. The molecule has 13 aliphatic rings. The van der Waals surface area contributed by atoms with Crippen LogP contribution in [0.5, 0.6) is 0 Å². The van der Waals surface area contributed by atoms with Crippen molar-refractivity contribution in [2.24, 2.45) is 64.6 Å². The van der Waals surface area contributed by atoms with E-state index in [9.17, 15) is 29.7 Å². The number of nitrogens with one attached hydrogen (secondary N) is 2. The molecule has 8 fully saturated rings. The molecule has 2 aliphatic carbocycles. The van der Waals surface area contributed by atoms with E-state index in [1.165, 1.54) is 11.1 Å². The number of allylic oxidation sites excluding steroid dienone is 6. The summed E-state index contributed by atoms with van der Waals surface area (Å²) in [5.41, 5.74) is 3.06. The Morgan fingerprint density at radius 2 is 1.23 bits per heavy atom. The second-order valence-electron chi connectivity index (χ2n) is 40.8. The molecule has 39 unspecified atom stereocenters. The number of esters is 1. The lowest BCUT2D eigenvalue weighted by Gasteiger charge is -2.50. The van der Waals surface area contributed by atoms with Gasteiger partial charge >= 0.3 is 18.2 Å². The molecule has 0 saturated carbocycles. The van der Waals surface area contributed by atoms with Crippen molar-refractivity contribution < 1.29 is 120 Å². The number of ether oxygens (including phenoxy) is 19. The summed E-state index contributed by atoms with van der Waals surface area (Å²) < 4.78 is 124. The summed E-state index contributed by atoms with van der Waals surface area (Å²) in [6.07, 6.45) is 25.8. The standard InChI is InChI=1S/C103H158N2O25/c1-23-57(4)92-64(11)38-41-101(129-92)52-56(3)45-73(127-101)35-33-60(7)85(59(6)29-27-31-71-54-118-95-89(106)61(8)37-40-100(71,95)18)78-48-77(112-19)86(67(14)120-78)79-49-80(113-20)87(68(15)121-79)104-98(109)116-43-25-26-44-117-99(110)105-88-69(16)122-83(50-81(88)114-21)126-94-70(17)123-84(51-82(94)115-22)125-91-62(9)30-28-32-72-55-119-96-90(107)66(13)46-76(103(72,96)111)97(108)124-75-47-74(36-34-63(91)10)128-102(53-75)42-39-65(12)93(130-102)58(5)24-2/h27-34,37-39,41-42,46,56-59,62,64-65,67-70,73-96,106-107,111H,23-26,35-36,40,43-45,47-55H2,1-22H3,(H,104,109)(H,105,110). The number of carbonyl (C=O) groups is 3. The normalized spacial score (nSPS) is 43.8. The summed E-state index contributed by atoms with van der Waals surface area (Å²) in [6.45, 7) is 38.5. The largest absolute Gasteiger partial charge is 0.462 e. The van der Waals surface area contributed by atoms with Crippen molar-refractivity contribution in [2.45, 2.75) is 391 Å². The van der Waals surface area contributed by atoms with Gasteiger partial charge in [0.1, 0.15) is 42.0 Å². The first-order valence-electron chi connectivity index (χ1n) is 49.0. The Balaban J connectivity index is 0.574. The maximum atomic E-state index is 14.6. The van der Waals surface area contributed by atoms with Gasteiger partial charge in [-0.1, -0.05) is 161 Å². The lowest BCUT2D eigenvalue weighted by molar-refractivity contribution is -0.311. The van der Waals surface area contributed by atoms with Crippen molar-refractivity contribution in [1.29, 1.82) is 0 Å². The van der Waals surface area contributed by atoms with Gasteiger partial charge in [-0.2, -0.15) is 0 Å². The van der Waals surface area contributed by atoms with Crippen LogP contribution in [0.4, 0.5) is 9.59 Å². The predicted molar refractivity (Wildman–Crippen MR) is 489 cm³/mol. The van der Waals surface area contributed by atoms with Crippen molar-refractivity contribution in [3.63, 3.8) is 0 Å². The van der Waals surface area contributed by atoms with Crippen LogP contribution < -0.4 is 10.6 Å². The molecule has 2 spiro atoms. The summed E-state index contributed by atoms with van der Waals surface area (Å²) in [6, 6.07) is -1.12. The monoisotopic (exact) mass is 1820 g/mol. The highest BCUT2D eigenvalue weighted by atomic mass is 16.7. The van der Waals surface area contributed by atoms with E-state index in [4.69, 9.17) is 90.0 Å². The second-order valence-corrected chi connectivity index (χ2v) is 40.8. The molecule has 5 N–H and O–H groups in total. The number of amides is 2. The number of hydrogen-bond acceptors (Lipinski definition) is 25. The van der Waals surface area contributed by atoms with E-state index in [1.807, 2.05) is 52.8 Å². The number of alkyl carbamates (subject to hydrolysis) is 2. The van der Waals surface area contributed by atoms with E-state index in [1.54, 1.807) is 47.5 Å². The topological polar surface area (TPSA) is 311 Å². The molecule has 13 rings (SSSR count). The van der Waals surface area contributed by atoms with Crippen LogP contribution in [0.2, 0.25) is 0 Å². The molecule has 2 bridgehead atoms. The van der Waals surface area contributed by atoms with Crippen LogP contribution in [0.25, 0.3) is 0 Å². The van der Waals surface area contributed by atoms with E-state index in [0.29, 0.717) is 80.5 Å². The Bertz CT molecular complexity index is 4120. The van der Waals surface area contributed by atoms with Crippen LogP contribution in [0.15, 0.2) is 119 Å². The molecule has 11 heterocycles. The fourth-order valence-corrected chi connectivity index (χ4v) is 23.3. The lowest BCUT2D eigenvalue weighted by atomic mass is 9.70. The number of hydrogen-bond donors (Lipinski definition) is 5. The molecule has 2 amide bonds. The molecule has 730 valence electrons. The van der Waals surface area contributed by atoms with Gasteiger partial charge in [-0.3, -0.25) is 4.79 Å². The van der Waals surface area contributed by atoms with E-state index < -0.39 is 145 Å². The molecule has 11 aliphatic heterocycles. The number of aliphatic hydroxyl groups is 3. The van der Waals surface area contributed by atoms with Gasteiger partial charge in [-0.25, -0.2) is 9.59 Å². The van der Waals surface area contributed by atoms with Crippen molar-refractivity contribution in [3.05, 3.63) is 119 Å². The van der Waals surface area contributed by atoms with E-state index in [0.717, 1.165) is 49.7 Å². The Kier molecular flexibility index (Phi) is 34.9. The van der Waals surface area contributed by atoms with Gasteiger partial charge in [0, 0.05) is 108 Å². The summed E-state index contributed by atoms with van der Waals surface area (Å²) in [4.78, 5) is 41.7. The van der Waals surface area contributed by atoms with Gasteiger partial charge in [-0.05, 0) is 158 Å². The summed E-state index contributed by atoms with van der Waals surface area (Å²) in [5.74, 6) is -2.59. The zero-order valence-corrected chi connectivity index (χ0v) is 81.5. The number of unbranched alkanes of at least 4 members (excludes halogenated alkanes) is 1. The van der Waals surface area contributed by atoms with E-state index in [-0.39, 0.29) is 122 Å². The molecule has 0 radical (unpaired) electrons. The highest BCUT2D eigenvalue weighted by molar-refractivity contribution is 5.78. The zero-order valence-electron chi connectivity index (χ0n) is 81.5. The van der Waals surface area contributed by atoms with Crippen molar-refractivity contribution in [3.8, 4) is 0 Å². The molecule has 0 aromatic rings. The van der Waals surface area contributed by atoms with Gasteiger partial charge in [0.15, 0.2) is 24.2 Å². The minimum Gasteiger partial charge on any atom is -0.462 e. The first-order valence-corrected chi connectivity index (χ1v) is 49.0. The third-order valence-corrected chi connectivity index (χ3v) is 31.4. The SMILES string of the molecule is CCC(C)C1OC2(C=CC1C)CC(C)CC(CC=C(C)C(C(C)C=CC=C1COC3C(O)C(C)=CCC13C)C1CC(OC)C(C3CC(OC)C(NC(=O)OCCCCOC(=O)NC4C(C)OC(OC5C(C)OC(OC6C(C)=CCC7CC(CC8(C=CC(C)C(C(C)CC)O8)O7)OC(=O)C7C=C(C)C(O)C8OCC(=CC=CC6C)C78O)CC5OC)CC4OC)C(C)O3)C(C)O1)O2. The molecule has 130 heavy (non-hydrogen) atoms. The average Bonchev–Trinajstić information content (AvgIpc) is 1.55. The highest BCUT2D eigenvalue weighted by Crippen LogP contribution is 2.52. The minimum absolute atomic E-state index is 0.00652. The maximum Gasteiger partial charge on any atom is 0.407 e. The van der Waals surface area contributed by atoms with Gasteiger partial charge in [0.05, 0.1) is 136 Å². The van der Waals surface area contributed by atoms with Crippen LogP contribution in [-0.4, -0.2) is 258 Å². The van der Waals surface area contributed by atoms with E-state index >= 15 is 0 Å². The first kappa shape index (κ1) is 102. The first-order chi connectivity index (χ1) is 62.0. The Morgan fingerprint density at radius 3 is 1.88 bits per heavy atom. The number of aliphatic hydroxyl groups excluding tert-OH is 2. The maximum absolute atomic E-state index is 14.6. The van der Waals surface area contributed by atoms with Gasteiger partial charge in [0.25, 0.3) is 0 Å². The number of rotatable bonds is 27. The Labute approximate surface area is 773 Å². The van der Waals surface area contributed by atoms with Crippen molar-refractivity contribution in [2.75, 3.05) is 54.9 Å². The Hall–Kier alpha value is -5.35. The van der Waals surface area contributed by atoms with Crippen molar-refractivity contribution >= 4 is 18.2 Å². The van der Waals surface area contributed by atoms with Crippen LogP contribution in [0.1, 0.15) is 221 Å². The number of methoxy groups -OCH3 is 4. The summed E-state index contributed by atoms with van der Waals surface area (Å²) in [7, 11) is 6.65. The summed E-state index contributed by atoms with van der Waals surface area (Å²) >= 11 is 0. The molecule has 0 aromatic heterocycles. The summed E-state index contributed by atoms with van der Waals surface area (Å²) in [5, 5.41) is 41.3. The molecule has 27 heteroatoms. The number of fused-ring (bicyclic) bond motifs is 3. The van der Waals surface area contributed by atoms with Gasteiger partial charge < -0.3 is 116 Å². The highest BCUT2D eigenvalue weighted by Gasteiger charge is 2.61. The smallest absolute Gasteiger partial charge is 0.407 e. The number of carbonyl (C=O) groups excluding carboxylic acids is 3. The molecular weight excluding hydrogens is 1670 g/mol. The van der Waals surface area contributed by atoms with Crippen LogP contribution in [0, 0.1) is 64.6 Å². The van der Waals surface area contributed by atoms with Gasteiger partial charge in [0.2, 0.25) is 0 Å². The molecular formula is C103H158N2O25. The zero-order chi connectivity index (χ0) is 93.6. The van der Waals surface area contributed by atoms with Crippen molar-refractivity contribution in [1.82, 2.24) is 10.6 Å². The average molecular weight is 1820 g/mol. The molecule has 39 atom stereocenters. The minimum atomic E-state index is -1.89. The Morgan fingerprint density at radius 1 is 0.631 bits per heavy atom.